The molecule has 2 heterocycles. The van der Waals surface area contributed by atoms with Gasteiger partial charge in [-0.15, -0.1) is 5.10 Å². The molecule has 0 aliphatic carbocycles. The largest absolute Gasteiger partial charge is 0.484 e. The predicted octanol–water partition coefficient (Wildman–Crippen LogP) is 5.48. The van der Waals surface area contributed by atoms with Gasteiger partial charge in [0.25, 0.3) is 5.91 Å². The Kier molecular flexibility index (Phi) is 6.18. The monoisotopic (exact) mass is 469 g/mol. The van der Waals surface area contributed by atoms with Crippen LogP contribution in [0.2, 0.25) is 5.02 Å². The van der Waals surface area contributed by atoms with Crippen molar-refractivity contribution in [3.05, 3.63) is 102 Å². The van der Waals surface area contributed by atoms with Gasteiger partial charge in [0.05, 0.1) is 0 Å². The van der Waals surface area contributed by atoms with Gasteiger partial charge < -0.3 is 10.1 Å². The Hall–Kier alpha value is -4.23. The maximum Gasteiger partial charge on any atom is 0.287 e. The zero-order valence-electron chi connectivity index (χ0n) is 18.1. The lowest BCUT2D eigenvalue weighted by atomic mass is 10.1. The minimum Gasteiger partial charge on any atom is -0.484 e. The second-order valence-corrected chi connectivity index (χ2v) is 8.02. The van der Waals surface area contributed by atoms with Gasteiger partial charge in [-0.25, -0.2) is 0 Å². The van der Waals surface area contributed by atoms with Crippen molar-refractivity contribution in [2.45, 2.75) is 6.54 Å². The zero-order chi connectivity index (χ0) is 23.3. The Morgan fingerprint density at radius 2 is 1.85 bits per heavy atom. The normalized spacial score (nSPS) is 10.9. The lowest BCUT2D eigenvalue weighted by Gasteiger charge is -2.09. The zero-order valence-corrected chi connectivity index (χ0v) is 18.8. The third-order valence-electron chi connectivity index (χ3n) is 5.19. The van der Waals surface area contributed by atoms with Crippen LogP contribution >= 0.6 is 11.6 Å². The van der Waals surface area contributed by atoms with Gasteiger partial charge in [-0.3, -0.25) is 9.78 Å². The number of aromatic nitrogens is 4. The summed E-state index contributed by atoms with van der Waals surface area (Å²) in [6.07, 6.45) is 3.32. The van der Waals surface area contributed by atoms with Gasteiger partial charge in [-0.05, 0) is 52.7 Å². The van der Waals surface area contributed by atoms with E-state index in [1.165, 1.54) is 4.68 Å². The molecule has 0 bridgehead atoms. The Bertz CT molecular complexity index is 1450. The summed E-state index contributed by atoms with van der Waals surface area (Å²) in [5, 5.41) is 10.4. The van der Waals surface area contributed by atoms with E-state index >= 15 is 0 Å². The van der Waals surface area contributed by atoms with Gasteiger partial charge in [0.1, 0.15) is 5.75 Å². The summed E-state index contributed by atoms with van der Waals surface area (Å²) in [6, 6.07) is 24.8. The molecule has 0 aliphatic heterocycles. The molecule has 7 nitrogen and oxygen atoms in total. The number of hydrogen-bond donors (Lipinski definition) is 1. The predicted molar refractivity (Wildman–Crippen MR) is 132 cm³/mol. The van der Waals surface area contributed by atoms with Crippen LogP contribution in [0.3, 0.4) is 0 Å². The summed E-state index contributed by atoms with van der Waals surface area (Å²) in [4.78, 5) is 21.7. The molecule has 0 fully saturated rings. The van der Waals surface area contributed by atoms with E-state index in [2.05, 4.69) is 20.4 Å². The molecule has 0 amide bonds. The third kappa shape index (κ3) is 4.89. The van der Waals surface area contributed by atoms with E-state index in [9.17, 15) is 4.79 Å². The number of pyridine rings is 1. The van der Waals surface area contributed by atoms with Gasteiger partial charge in [0.2, 0.25) is 5.95 Å². The number of halogens is 1. The van der Waals surface area contributed by atoms with Gasteiger partial charge in [-0.2, -0.15) is 9.67 Å². The summed E-state index contributed by atoms with van der Waals surface area (Å²) in [6.45, 7) is 0.227. The van der Waals surface area contributed by atoms with Crippen LogP contribution in [0.15, 0.2) is 91.3 Å². The van der Waals surface area contributed by atoms with Crippen molar-refractivity contribution < 1.29 is 9.53 Å². The van der Waals surface area contributed by atoms with Crippen molar-refractivity contribution >= 4 is 34.2 Å². The second kappa shape index (κ2) is 9.72. The standard InChI is InChI=1S/C26H20ClN5O2/c27-22-9-3-5-18(13-22)15-29-26-30-25(21-8-4-12-28-16-21)31-32(26)24(33)17-34-23-11-10-19-6-1-2-7-20(19)14-23/h1-14,16H,15,17H2,(H,29,30,31). The highest BCUT2D eigenvalue weighted by Crippen LogP contribution is 2.21. The first-order valence-electron chi connectivity index (χ1n) is 10.7. The van der Waals surface area contributed by atoms with Crippen LogP contribution in [-0.2, 0) is 6.54 Å². The van der Waals surface area contributed by atoms with E-state index < -0.39 is 0 Å². The fraction of sp³-hybridized carbons (Fsp3) is 0.0769. The number of rotatable bonds is 7. The molecule has 0 radical (unpaired) electrons. The molecule has 3 aromatic carbocycles. The van der Waals surface area contributed by atoms with Crippen molar-refractivity contribution in [3.8, 4) is 17.1 Å². The SMILES string of the molecule is O=C(COc1ccc2ccccc2c1)n1nc(-c2cccnc2)nc1NCc1cccc(Cl)c1. The fourth-order valence-electron chi connectivity index (χ4n) is 3.51. The minimum atomic E-state index is -0.357. The minimum absolute atomic E-state index is 0.194. The molecule has 5 aromatic rings. The van der Waals surface area contributed by atoms with Crippen LogP contribution in [0.25, 0.3) is 22.2 Å². The molecule has 0 unspecified atom stereocenters. The molecular formula is C26H20ClN5O2. The fourth-order valence-corrected chi connectivity index (χ4v) is 3.72. The lowest BCUT2D eigenvalue weighted by Crippen LogP contribution is -2.22. The average Bonchev–Trinajstić information content (AvgIpc) is 3.31. The van der Waals surface area contributed by atoms with Crippen LogP contribution < -0.4 is 10.1 Å². The molecule has 0 saturated heterocycles. The van der Waals surface area contributed by atoms with Gasteiger partial charge >= 0.3 is 0 Å². The Balaban J connectivity index is 1.37. The first-order chi connectivity index (χ1) is 16.7. The summed E-state index contributed by atoms with van der Waals surface area (Å²) in [5.41, 5.74) is 1.65. The molecule has 168 valence electrons. The molecule has 0 spiro atoms. The lowest BCUT2D eigenvalue weighted by molar-refractivity contribution is 0.0824. The summed E-state index contributed by atoms with van der Waals surface area (Å²) in [7, 11) is 0. The van der Waals surface area contributed by atoms with Crippen LogP contribution in [-0.4, -0.2) is 32.3 Å². The van der Waals surface area contributed by atoms with Crippen LogP contribution in [0.5, 0.6) is 5.75 Å². The second-order valence-electron chi connectivity index (χ2n) is 7.59. The Labute approximate surface area is 201 Å². The molecular weight excluding hydrogens is 450 g/mol. The molecule has 2 aromatic heterocycles. The molecule has 8 heteroatoms. The van der Waals surface area contributed by atoms with Crippen molar-refractivity contribution in [2.24, 2.45) is 0 Å². The van der Waals surface area contributed by atoms with E-state index in [4.69, 9.17) is 16.3 Å². The number of fused-ring (bicyclic) bond motifs is 1. The number of hydrogen-bond acceptors (Lipinski definition) is 6. The van der Waals surface area contributed by atoms with Gasteiger partial charge in [0, 0.05) is 29.5 Å². The van der Waals surface area contributed by atoms with Crippen molar-refractivity contribution in [1.82, 2.24) is 19.7 Å². The average molecular weight is 470 g/mol. The number of carbonyl (C=O) groups excluding carboxylic acids is 1. The first-order valence-corrected chi connectivity index (χ1v) is 11.0. The van der Waals surface area contributed by atoms with E-state index in [0.717, 1.165) is 16.3 Å². The van der Waals surface area contributed by atoms with E-state index in [1.807, 2.05) is 72.8 Å². The number of benzene rings is 3. The molecule has 0 atom stereocenters. The van der Waals surface area contributed by atoms with Crippen molar-refractivity contribution in [3.63, 3.8) is 0 Å². The van der Waals surface area contributed by atoms with Crippen LogP contribution in [0.1, 0.15) is 10.4 Å². The summed E-state index contributed by atoms with van der Waals surface area (Å²) >= 11 is 6.09. The van der Waals surface area contributed by atoms with Crippen molar-refractivity contribution in [2.75, 3.05) is 11.9 Å². The molecule has 0 saturated carbocycles. The number of carbonyl (C=O) groups is 1. The van der Waals surface area contributed by atoms with Crippen LogP contribution in [0.4, 0.5) is 5.95 Å². The van der Waals surface area contributed by atoms with Crippen molar-refractivity contribution in [1.29, 1.82) is 0 Å². The topological polar surface area (TPSA) is 81.9 Å². The maximum atomic E-state index is 13.1. The highest BCUT2D eigenvalue weighted by Gasteiger charge is 2.18. The number of anilines is 1. The summed E-state index contributed by atoms with van der Waals surface area (Å²) < 4.78 is 7.01. The van der Waals surface area contributed by atoms with E-state index in [-0.39, 0.29) is 12.5 Å². The number of nitrogens with zero attached hydrogens (tertiary/aromatic N) is 4. The highest BCUT2D eigenvalue weighted by atomic mass is 35.5. The number of ether oxygens (including phenoxy) is 1. The first kappa shape index (κ1) is 21.6. The van der Waals surface area contributed by atoms with Crippen LogP contribution in [0, 0.1) is 0 Å². The van der Waals surface area contributed by atoms with E-state index in [1.54, 1.807) is 18.5 Å². The van der Waals surface area contributed by atoms with E-state index in [0.29, 0.717) is 34.7 Å². The van der Waals surface area contributed by atoms with Gasteiger partial charge in [0.15, 0.2) is 12.4 Å². The smallest absolute Gasteiger partial charge is 0.287 e. The molecule has 0 aliphatic rings. The summed E-state index contributed by atoms with van der Waals surface area (Å²) in [5.74, 6) is 0.948. The maximum absolute atomic E-state index is 13.1. The molecule has 5 rings (SSSR count). The number of nitrogens with one attached hydrogen (secondary N) is 1. The van der Waals surface area contributed by atoms with Gasteiger partial charge in [-0.1, -0.05) is 54.1 Å². The Morgan fingerprint density at radius 1 is 0.971 bits per heavy atom. The third-order valence-corrected chi connectivity index (χ3v) is 5.42. The Morgan fingerprint density at radius 3 is 2.68 bits per heavy atom. The highest BCUT2D eigenvalue weighted by molar-refractivity contribution is 6.30. The molecule has 34 heavy (non-hydrogen) atoms. The quantitative estimate of drug-likeness (QED) is 0.340. The molecule has 1 N–H and O–H groups in total.